The second-order valence-corrected chi connectivity index (χ2v) is 6.46. The van der Waals surface area contributed by atoms with E-state index in [9.17, 15) is 0 Å². The van der Waals surface area contributed by atoms with Crippen molar-refractivity contribution in [2.75, 3.05) is 18.5 Å². The summed E-state index contributed by atoms with van der Waals surface area (Å²) in [7, 11) is 2.08. The number of hydrogen-bond acceptors (Lipinski definition) is 2. The minimum Gasteiger partial charge on any atom is -0.366 e. The maximum absolute atomic E-state index is 3.36. The van der Waals surface area contributed by atoms with Gasteiger partial charge in [0.15, 0.2) is 0 Å². The van der Waals surface area contributed by atoms with Crippen LogP contribution in [-0.2, 0) is 0 Å². The molecular weight excluding hydrogens is 232 g/mol. The van der Waals surface area contributed by atoms with E-state index in [1.54, 1.807) is 0 Å². The van der Waals surface area contributed by atoms with Crippen molar-refractivity contribution in [1.29, 1.82) is 0 Å². The van der Waals surface area contributed by atoms with E-state index in [-0.39, 0.29) is 0 Å². The van der Waals surface area contributed by atoms with Crippen LogP contribution >= 0.6 is 0 Å². The van der Waals surface area contributed by atoms with Crippen molar-refractivity contribution < 1.29 is 0 Å². The number of benzene rings is 1. The van der Waals surface area contributed by atoms with Gasteiger partial charge in [-0.3, -0.25) is 0 Å². The Balaban J connectivity index is 1.81. The average molecular weight is 258 g/mol. The molecule has 0 radical (unpaired) electrons. The fourth-order valence-electron chi connectivity index (χ4n) is 4.05. The lowest BCUT2D eigenvalue weighted by atomic mass is 9.90. The van der Waals surface area contributed by atoms with Crippen LogP contribution in [0.1, 0.15) is 36.8 Å². The van der Waals surface area contributed by atoms with E-state index < -0.39 is 0 Å². The SMILES string of the molecule is CNCC1CC2CCC(C1)N2c1ccc(C)c(C)c1. The summed E-state index contributed by atoms with van der Waals surface area (Å²) in [6, 6.07) is 8.55. The summed E-state index contributed by atoms with van der Waals surface area (Å²) in [6.07, 6.45) is 5.50. The van der Waals surface area contributed by atoms with Gasteiger partial charge in [0.2, 0.25) is 0 Å². The first-order chi connectivity index (χ1) is 9.19. The zero-order valence-corrected chi connectivity index (χ0v) is 12.4. The first-order valence-electron chi connectivity index (χ1n) is 7.69. The van der Waals surface area contributed by atoms with Gasteiger partial charge in [-0.1, -0.05) is 6.07 Å². The highest BCUT2D eigenvalue weighted by Gasteiger charge is 2.40. The molecule has 2 aliphatic heterocycles. The Bertz CT molecular complexity index is 441. The van der Waals surface area contributed by atoms with Gasteiger partial charge >= 0.3 is 0 Å². The van der Waals surface area contributed by atoms with Crippen molar-refractivity contribution in [3.63, 3.8) is 0 Å². The van der Waals surface area contributed by atoms with Crippen LogP contribution in [0.4, 0.5) is 5.69 Å². The topological polar surface area (TPSA) is 15.3 Å². The van der Waals surface area contributed by atoms with Crippen LogP contribution in [-0.4, -0.2) is 25.7 Å². The lowest BCUT2D eigenvalue weighted by Gasteiger charge is -2.41. The Kier molecular flexibility index (Phi) is 3.53. The van der Waals surface area contributed by atoms with Gasteiger partial charge in [0.1, 0.15) is 0 Å². The summed E-state index contributed by atoms with van der Waals surface area (Å²) in [6.45, 7) is 5.62. The molecule has 2 nitrogen and oxygen atoms in total. The van der Waals surface area contributed by atoms with E-state index in [4.69, 9.17) is 0 Å². The number of rotatable bonds is 3. The Morgan fingerprint density at radius 3 is 2.37 bits per heavy atom. The number of anilines is 1. The molecule has 3 rings (SSSR count). The molecule has 2 heteroatoms. The number of nitrogens with zero attached hydrogens (tertiary/aromatic N) is 1. The fraction of sp³-hybridized carbons (Fsp3) is 0.647. The predicted octanol–water partition coefficient (Wildman–Crippen LogP) is 3.27. The summed E-state index contributed by atoms with van der Waals surface area (Å²) >= 11 is 0. The zero-order chi connectivity index (χ0) is 13.4. The maximum Gasteiger partial charge on any atom is 0.0374 e. The largest absolute Gasteiger partial charge is 0.366 e. The van der Waals surface area contributed by atoms with Gasteiger partial charge in [-0.2, -0.15) is 0 Å². The third kappa shape index (κ3) is 2.38. The normalized spacial score (nSPS) is 29.8. The lowest BCUT2D eigenvalue weighted by molar-refractivity contribution is 0.333. The Hall–Kier alpha value is -1.02. The van der Waals surface area contributed by atoms with Crippen LogP contribution in [0.15, 0.2) is 18.2 Å². The van der Waals surface area contributed by atoms with Crippen LogP contribution in [0.5, 0.6) is 0 Å². The minimum absolute atomic E-state index is 0.777. The first-order valence-corrected chi connectivity index (χ1v) is 7.69. The Morgan fingerprint density at radius 1 is 1.11 bits per heavy atom. The molecule has 2 aliphatic rings. The third-order valence-corrected chi connectivity index (χ3v) is 5.11. The molecule has 2 heterocycles. The second kappa shape index (κ2) is 5.16. The highest BCUT2D eigenvalue weighted by Crippen LogP contribution is 2.41. The van der Waals surface area contributed by atoms with Gasteiger partial charge in [0.05, 0.1) is 0 Å². The van der Waals surface area contributed by atoms with Crippen molar-refractivity contribution in [2.24, 2.45) is 5.92 Å². The standard InChI is InChI=1S/C17H26N2/c1-12-4-5-15(8-13(12)2)19-16-6-7-17(19)10-14(9-16)11-18-3/h4-5,8,14,16-18H,6-7,9-11H2,1-3H3. The summed E-state index contributed by atoms with van der Waals surface area (Å²) in [5, 5.41) is 3.36. The molecule has 2 atom stereocenters. The molecule has 2 saturated heterocycles. The van der Waals surface area contributed by atoms with Crippen molar-refractivity contribution >= 4 is 5.69 Å². The van der Waals surface area contributed by atoms with E-state index in [0.29, 0.717) is 0 Å². The summed E-state index contributed by atoms with van der Waals surface area (Å²) in [4.78, 5) is 2.72. The van der Waals surface area contributed by atoms with Gasteiger partial charge in [-0.15, -0.1) is 0 Å². The highest BCUT2D eigenvalue weighted by atomic mass is 15.2. The number of aryl methyl sites for hydroxylation is 2. The highest BCUT2D eigenvalue weighted by molar-refractivity contribution is 5.53. The van der Waals surface area contributed by atoms with Gasteiger partial charge in [0, 0.05) is 17.8 Å². The third-order valence-electron chi connectivity index (χ3n) is 5.11. The quantitative estimate of drug-likeness (QED) is 0.895. The Labute approximate surface area is 117 Å². The van der Waals surface area contributed by atoms with Crippen LogP contribution in [0, 0.1) is 19.8 Å². The minimum atomic E-state index is 0.777. The van der Waals surface area contributed by atoms with E-state index in [0.717, 1.165) is 18.0 Å². The summed E-state index contributed by atoms with van der Waals surface area (Å²) in [5.41, 5.74) is 4.29. The molecule has 1 N–H and O–H groups in total. The van der Waals surface area contributed by atoms with Crippen LogP contribution in [0.3, 0.4) is 0 Å². The number of hydrogen-bond donors (Lipinski definition) is 1. The van der Waals surface area contributed by atoms with E-state index in [1.165, 1.54) is 49.0 Å². The van der Waals surface area contributed by atoms with Gasteiger partial charge < -0.3 is 10.2 Å². The number of fused-ring (bicyclic) bond motifs is 2. The molecule has 2 fully saturated rings. The molecule has 0 amide bonds. The smallest absolute Gasteiger partial charge is 0.0374 e. The van der Waals surface area contributed by atoms with Crippen LogP contribution in [0.2, 0.25) is 0 Å². The molecule has 1 aromatic carbocycles. The van der Waals surface area contributed by atoms with E-state index >= 15 is 0 Å². The number of nitrogens with one attached hydrogen (secondary N) is 1. The van der Waals surface area contributed by atoms with Crippen molar-refractivity contribution in [3.8, 4) is 0 Å². The molecule has 2 unspecified atom stereocenters. The van der Waals surface area contributed by atoms with Gasteiger partial charge in [-0.25, -0.2) is 0 Å². The molecule has 2 bridgehead atoms. The van der Waals surface area contributed by atoms with Gasteiger partial charge in [0.25, 0.3) is 0 Å². The monoisotopic (exact) mass is 258 g/mol. The summed E-state index contributed by atoms with van der Waals surface area (Å²) < 4.78 is 0. The zero-order valence-electron chi connectivity index (χ0n) is 12.4. The molecule has 1 aromatic rings. The molecule has 104 valence electrons. The molecule has 0 saturated carbocycles. The van der Waals surface area contributed by atoms with Gasteiger partial charge in [-0.05, 0) is 82.3 Å². The van der Waals surface area contributed by atoms with Crippen LogP contribution in [0.25, 0.3) is 0 Å². The van der Waals surface area contributed by atoms with E-state index in [2.05, 4.69) is 49.3 Å². The van der Waals surface area contributed by atoms with Crippen LogP contribution < -0.4 is 10.2 Å². The predicted molar refractivity (Wildman–Crippen MR) is 81.9 cm³/mol. The molecule has 0 spiro atoms. The van der Waals surface area contributed by atoms with E-state index in [1.807, 2.05) is 0 Å². The van der Waals surface area contributed by atoms with Crippen molar-refractivity contribution in [1.82, 2.24) is 5.32 Å². The van der Waals surface area contributed by atoms with Crippen molar-refractivity contribution in [3.05, 3.63) is 29.3 Å². The number of piperidine rings is 1. The molecule has 0 aromatic heterocycles. The Morgan fingerprint density at radius 2 is 1.79 bits per heavy atom. The molecular formula is C17H26N2. The summed E-state index contributed by atoms with van der Waals surface area (Å²) in [5.74, 6) is 0.880. The first kappa shape index (κ1) is 13.0. The average Bonchev–Trinajstić information content (AvgIpc) is 2.65. The maximum atomic E-state index is 3.36. The fourth-order valence-corrected chi connectivity index (χ4v) is 4.05. The lowest BCUT2D eigenvalue weighted by Crippen LogP contribution is -2.44. The molecule has 0 aliphatic carbocycles. The second-order valence-electron chi connectivity index (χ2n) is 6.46. The van der Waals surface area contributed by atoms with Crippen molar-refractivity contribution in [2.45, 2.75) is 51.6 Å². The molecule has 19 heavy (non-hydrogen) atoms.